The molecule has 1 aliphatic rings. The van der Waals surface area contributed by atoms with Gasteiger partial charge in [0.15, 0.2) is 0 Å². The Balaban J connectivity index is 1.93. The molecule has 3 nitrogen and oxygen atoms in total. The van der Waals surface area contributed by atoms with Crippen molar-refractivity contribution in [3.63, 3.8) is 0 Å². The van der Waals surface area contributed by atoms with Gasteiger partial charge >= 0.3 is 0 Å². The summed E-state index contributed by atoms with van der Waals surface area (Å²) in [5.41, 5.74) is 4.55. The SMILES string of the molecule is Cc1ccccc1-c1cn([C@@H](C)C2=C(Br)CC=C2)nn1. The molecule has 1 atom stereocenters. The lowest BCUT2D eigenvalue weighted by Crippen LogP contribution is -2.07. The highest BCUT2D eigenvalue weighted by Crippen LogP contribution is 2.32. The van der Waals surface area contributed by atoms with Gasteiger partial charge in [0.2, 0.25) is 0 Å². The van der Waals surface area contributed by atoms with Gasteiger partial charge in [0.05, 0.1) is 12.2 Å². The number of hydrogen-bond donors (Lipinski definition) is 0. The Bertz CT molecular complexity index is 697. The first-order valence-corrected chi connectivity index (χ1v) is 7.49. The summed E-state index contributed by atoms with van der Waals surface area (Å²) in [5.74, 6) is 0. The summed E-state index contributed by atoms with van der Waals surface area (Å²) < 4.78 is 3.16. The van der Waals surface area contributed by atoms with Crippen LogP contribution in [0.4, 0.5) is 0 Å². The average Bonchev–Trinajstić information content (AvgIpc) is 3.07. The number of nitrogens with zero attached hydrogens (tertiary/aromatic N) is 3. The molecule has 1 aromatic heterocycles. The zero-order valence-corrected chi connectivity index (χ0v) is 13.1. The van der Waals surface area contributed by atoms with Crippen LogP contribution in [0.1, 0.15) is 24.9 Å². The van der Waals surface area contributed by atoms with Crippen molar-refractivity contribution < 1.29 is 0 Å². The maximum Gasteiger partial charge on any atom is 0.113 e. The monoisotopic (exact) mass is 329 g/mol. The van der Waals surface area contributed by atoms with E-state index in [-0.39, 0.29) is 6.04 Å². The van der Waals surface area contributed by atoms with Crippen LogP contribution in [0.25, 0.3) is 11.3 Å². The first-order valence-electron chi connectivity index (χ1n) is 6.69. The second-order valence-corrected chi connectivity index (χ2v) is 6.00. The smallest absolute Gasteiger partial charge is 0.113 e. The van der Waals surface area contributed by atoms with Gasteiger partial charge in [-0.1, -0.05) is 57.6 Å². The van der Waals surface area contributed by atoms with Crippen LogP contribution in [-0.2, 0) is 0 Å². The lowest BCUT2D eigenvalue weighted by Gasteiger charge is -2.12. The summed E-state index contributed by atoms with van der Waals surface area (Å²) in [5, 5.41) is 8.61. The van der Waals surface area contributed by atoms with Gasteiger partial charge in [-0.2, -0.15) is 0 Å². The van der Waals surface area contributed by atoms with E-state index in [1.807, 2.05) is 23.0 Å². The predicted octanol–water partition coefficient (Wildman–Crippen LogP) is 4.42. The van der Waals surface area contributed by atoms with Crippen molar-refractivity contribution in [2.24, 2.45) is 0 Å². The molecule has 0 amide bonds. The highest BCUT2D eigenvalue weighted by molar-refractivity contribution is 9.11. The Morgan fingerprint density at radius 3 is 2.80 bits per heavy atom. The number of benzene rings is 1. The molecule has 0 radical (unpaired) electrons. The van der Waals surface area contributed by atoms with Crippen molar-refractivity contribution in [3.8, 4) is 11.3 Å². The van der Waals surface area contributed by atoms with Crippen LogP contribution < -0.4 is 0 Å². The molecule has 0 bridgehead atoms. The van der Waals surface area contributed by atoms with Crippen molar-refractivity contribution in [3.05, 3.63) is 58.2 Å². The Hall–Kier alpha value is -1.68. The van der Waals surface area contributed by atoms with E-state index in [1.54, 1.807) is 0 Å². The molecule has 1 aromatic carbocycles. The van der Waals surface area contributed by atoms with E-state index in [2.05, 4.69) is 64.4 Å². The number of allylic oxidation sites excluding steroid dienone is 4. The molecule has 1 heterocycles. The van der Waals surface area contributed by atoms with Crippen LogP contribution in [0, 0.1) is 6.92 Å². The summed E-state index contributed by atoms with van der Waals surface area (Å²) in [6.45, 7) is 4.24. The molecular formula is C16H16BrN3. The summed E-state index contributed by atoms with van der Waals surface area (Å²) >= 11 is 3.62. The second kappa shape index (κ2) is 5.37. The number of hydrogen-bond acceptors (Lipinski definition) is 2. The van der Waals surface area contributed by atoms with Crippen LogP contribution in [0.5, 0.6) is 0 Å². The molecule has 102 valence electrons. The Kier molecular flexibility index (Phi) is 3.57. The van der Waals surface area contributed by atoms with Gasteiger partial charge in [0.1, 0.15) is 5.69 Å². The van der Waals surface area contributed by atoms with Crippen LogP contribution in [0.3, 0.4) is 0 Å². The van der Waals surface area contributed by atoms with Crippen molar-refractivity contribution in [1.82, 2.24) is 15.0 Å². The molecule has 4 heteroatoms. The second-order valence-electron chi connectivity index (χ2n) is 5.04. The zero-order chi connectivity index (χ0) is 14.1. The first-order chi connectivity index (χ1) is 9.66. The highest BCUT2D eigenvalue weighted by Gasteiger charge is 2.17. The first kappa shape index (κ1) is 13.3. The van der Waals surface area contributed by atoms with Crippen molar-refractivity contribution in [2.45, 2.75) is 26.3 Å². The zero-order valence-electron chi connectivity index (χ0n) is 11.5. The van der Waals surface area contributed by atoms with Crippen molar-refractivity contribution >= 4 is 15.9 Å². The normalized spacial score (nSPS) is 15.9. The van der Waals surface area contributed by atoms with Gasteiger partial charge in [0, 0.05) is 10.0 Å². The number of halogens is 1. The Morgan fingerprint density at radius 1 is 1.30 bits per heavy atom. The van der Waals surface area contributed by atoms with Crippen molar-refractivity contribution in [2.75, 3.05) is 0 Å². The molecule has 0 saturated heterocycles. The molecule has 0 unspecified atom stereocenters. The van der Waals surface area contributed by atoms with E-state index in [9.17, 15) is 0 Å². The van der Waals surface area contributed by atoms with E-state index >= 15 is 0 Å². The Morgan fingerprint density at radius 2 is 2.10 bits per heavy atom. The van der Waals surface area contributed by atoms with E-state index in [4.69, 9.17) is 0 Å². The van der Waals surface area contributed by atoms with Crippen LogP contribution >= 0.6 is 15.9 Å². The lowest BCUT2D eigenvalue weighted by atomic mass is 10.1. The minimum absolute atomic E-state index is 0.188. The molecule has 3 rings (SSSR count). The van der Waals surface area contributed by atoms with Gasteiger partial charge in [-0.25, -0.2) is 4.68 Å². The lowest BCUT2D eigenvalue weighted by molar-refractivity contribution is 0.542. The van der Waals surface area contributed by atoms with Gasteiger partial charge in [-0.15, -0.1) is 5.10 Å². The van der Waals surface area contributed by atoms with Crippen LogP contribution in [0.2, 0.25) is 0 Å². The summed E-state index contributed by atoms with van der Waals surface area (Å²) in [6.07, 6.45) is 7.31. The average molecular weight is 330 g/mol. The van der Waals surface area contributed by atoms with Gasteiger partial charge in [0.25, 0.3) is 0 Å². The maximum atomic E-state index is 4.32. The quantitative estimate of drug-likeness (QED) is 0.834. The molecule has 1 aliphatic carbocycles. The molecule has 0 saturated carbocycles. The standard InChI is InChI=1S/C16H16BrN3/c1-11-6-3-4-7-13(11)16-10-20(19-18-16)12(2)14-8-5-9-15(14)17/h3-8,10,12H,9H2,1-2H3/t12-/m0/s1. The third-order valence-electron chi connectivity index (χ3n) is 3.69. The highest BCUT2D eigenvalue weighted by atomic mass is 79.9. The molecule has 0 aliphatic heterocycles. The van der Waals surface area contributed by atoms with E-state index in [1.165, 1.54) is 15.6 Å². The Labute approximate surface area is 127 Å². The fraction of sp³-hybridized carbons (Fsp3) is 0.250. The maximum absolute atomic E-state index is 4.32. The van der Waals surface area contributed by atoms with E-state index in [0.29, 0.717) is 0 Å². The third-order valence-corrected chi connectivity index (χ3v) is 4.47. The predicted molar refractivity (Wildman–Crippen MR) is 84.6 cm³/mol. The molecule has 0 fully saturated rings. The van der Waals surface area contributed by atoms with Gasteiger partial charge in [-0.05, 0) is 31.4 Å². The minimum Gasteiger partial charge on any atom is -0.245 e. The van der Waals surface area contributed by atoms with Gasteiger partial charge in [-0.3, -0.25) is 0 Å². The fourth-order valence-corrected chi connectivity index (χ4v) is 3.11. The summed E-state index contributed by atoms with van der Waals surface area (Å²) in [6, 6.07) is 8.43. The molecule has 0 spiro atoms. The molecular weight excluding hydrogens is 314 g/mol. The molecule has 20 heavy (non-hydrogen) atoms. The van der Waals surface area contributed by atoms with Gasteiger partial charge < -0.3 is 0 Å². The number of aromatic nitrogens is 3. The molecule has 0 N–H and O–H groups in total. The fourth-order valence-electron chi connectivity index (χ4n) is 2.46. The van der Waals surface area contributed by atoms with Crippen LogP contribution in [0.15, 0.2) is 52.7 Å². The van der Waals surface area contributed by atoms with E-state index in [0.717, 1.165) is 17.7 Å². The van der Waals surface area contributed by atoms with Crippen LogP contribution in [-0.4, -0.2) is 15.0 Å². The number of aryl methyl sites for hydroxylation is 1. The topological polar surface area (TPSA) is 30.7 Å². The third kappa shape index (κ3) is 2.36. The molecule has 2 aromatic rings. The summed E-state index contributed by atoms with van der Waals surface area (Å²) in [4.78, 5) is 0. The van der Waals surface area contributed by atoms with Crippen molar-refractivity contribution in [1.29, 1.82) is 0 Å². The van der Waals surface area contributed by atoms with E-state index < -0.39 is 0 Å². The minimum atomic E-state index is 0.188. The summed E-state index contributed by atoms with van der Waals surface area (Å²) in [7, 11) is 0. The number of rotatable bonds is 3. The largest absolute Gasteiger partial charge is 0.245 e.